The summed E-state index contributed by atoms with van der Waals surface area (Å²) < 4.78 is 5.83. The van der Waals surface area contributed by atoms with Crippen LogP contribution in [0.1, 0.15) is 25.8 Å². The van der Waals surface area contributed by atoms with E-state index in [1.807, 2.05) is 17.5 Å². The van der Waals surface area contributed by atoms with Crippen LogP contribution in [0.15, 0.2) is 21.9 Å². The molecule has 0 spiro atoms. The fourth-order valence-corrected chi connectivity index (χ4v) is 3.17. The molecule has 0 aromatic carbocycles. The molecule has 1 atom stereocenters. The largest absolute Gasteiger partial charge is 0.418 e. The highest BCUT2D eigenvalue weighted by atomic mass is 32.1. The fraction of sp³-hybridized carbons (Fsp3) is 0.571. The van der Waals surface area contributed by atoms with E-state index in [0.717, 1.165) is 43.5 Å². The van der Waals surface area contributed by atoms with E-state index in [1.54, 1.807) is 11.3 Å². The number of likely N-dealkylation sites (N-methyl/N-ethyl adjacent to an activating group) is 1. The van der Waals surface area contributed by atoms with Crippen LogP contribution in [0.5, 0.6) is 0 Å². The first-order valence-corrected chi connectivity index (χ1v) is 7.99. The average Bonchev–Trinajstić information content (AvgIpc) is 3.17. The number of hydrogen-bond acceptors (Lipinski definition) is 6. The second-order valence-corrected chi connectivity index (χ2v) is 6.02. The van der Waals surface area contributed by atoms with Gasteiger partial charge in [0.15, 0.2) is 0 Å². The molecule has 5 nitrogen and oxygen atoms in total. The van der Waals surface area contributed by atoms with E-state index in [9.17, 15) is 0 Å². The normalized spacial score (nSPS) is 19.3. The first kappa shape index (κ1) is 13.7. The van der Waals surface area contributed by atoms with Gasteiger partial charge in [-0.15, -0.1) is 21.5 Å². The zero-order chi connectivity index (χ0) is 13.9. The van der Waals surface area contributed by atoms with Crippen LogP contribution < -0.4 is 0 Å². The van der Waals surface area contributed by atoms with Gasteiger partial charge in [0, 0.05) is 26.2 Å². The molecule has 3 rings (SSSR count). The summed E-state index contributed by atoms with van der Waals surface area (Å²) in [5, 5.41) is 10.4. The molecule has 0 saturated carbocycles. The van der Waals surface area contributed by atoms with Crippen LogP contribution >= 0.6 is 11.3 Å². The topological polar surface area (TPSA) is 45.4 Å². The number of hydrogen-bond donors (Lipinski definition) is 0. The molecule has 1 unspecified atom stereocenters. The molecule has 2 aromatic heterocycles. The van der Waals surface area contributed by atoms with Gasteiger partial charge in [-0.2, -0.15) is 0 Å². The summed E-state index contributed by atoms with van der Waals surface area (Å²) in [6.45, 7) is 9.85. The molecule has 108 valence electrons. The summed E-state index contributed by atoms with van der Waals surface area (Å²) >= 11 is 1.62. The van der Waals surface area contributed by atoms with Crippen molar-refractivity contribution in [3.05, 3.63) is 23.4 Å². The van der Waals surface area contributed by atoms with E-state index in [0.29, 0.717) is 5.89 Å². The molecule has 6 heteroatoms. The minimum absolute atomic E-state index is 0.190. The third-order valence-corrected chi connectivity index (χ3v) is 4.79. The quantitative estimate of drug-likeness (QED) is 0.866. The van der Waals surface area contributed by atoms with Crippen molar-refractivity contribution in [2.45, 2.75) is 19.9 Å². The van der Waals surface area contributed by atoms with Crippen LogP contribution in [0.3, 0.4) is 0 Å². The van der Waals surface area contributed by atoms with Crippen molar-refractivity contribution < 1.29 is 4.42 Å². The molecular formula is C14H20N4OS. The van der Waals surface area contributed by atoms with Crippen molar-refractivity contribution in [3.63, 3.8) is 0 Å². The van der Waals surface area contributed by atoms with Gasteiger partial charge < -0.3 is 9.32 Å². The van der Waals surface area contributed by atoms with Gasteiger partial charge >= 0.3 is 0 Å². The Morgan fingerprint density at radius 1 is 1.30 bits per heavy atom. The number of rotatable bonds is 4. The van der Waals surface area contributed by atoms with E-state index in [4.69, 9.17) is 4.42 Å². The molecule has 3 heterocycles. The Kier molecular flexibility index (Phi) is 4.14. The molecule has 2 aromatic rings. The highest BCUT2D eigenvalue weighted by molar-refractivity contribution is 7.13. The summed E-state index contributed by atoms with van der Waals surface area (Å²) in [5.41, 5.74) is 0. The lowest BCUT2D eigenvalue weighted by Crippen LogP contribution is -2.46. The second-order valence-electron chi connectivity index (χ2n) is 5.07. The lowest BCUT2D eigenvalue weighted by molar-refractivity contribution is 0.0948. The van der Waals surface area contributed by atoms with Crippen molar-refractivity contribution in [2.24, 2.45) is 0 Å². The smallest absolute Gasteiger partial charge is 0.257 e. The first-order chi connectivity index (χ1) is 9.78. The lowest BCUT2D eigenvalue weighted by atomic mass is 10.2. The van der Waals surface area contributed by atoms with Gasteiger partial charge in [-0.25, -0.2) is 0 Å². The predicted octanol–water partition coefficient (Wildman–Crippen LogP) is 2.50. The Labute approximate surface area is 123 Å². The second kappa shape index (κ2) is 6.03. The highest BCUT2D eigenvalue weighted by Gasteiger charge is 2.25. The molecule has 0 N–H and O–H groups in total. The van der Waals surface area contributed by atoms with Gasteiger partial charge in [-0.1, -0.05) is 13.0 Å². The van der Waals surface area contributed by atoms with Crippen molar-refractivity contribution in [1.29, 1.82) is 0 Å². The molecule has 1 fully saturated rings. The molecule has 20 heavy (non-hydrogen) atoms. The van der Waals surface area contributed by atoms with Crippen LogP contribution in [0.25, 0.3) is 10.8 Å². The summed E-state index contributed by atoms with van der Waals surface area (Å²) in [4.78, 5) is 5.91. The van der Waals surface area contributed by atoms with Gasteiger partial charge in [-0.3, -0.25) is 4.90 Å². The van der Waals surface area contributed by atoms with Crippen LogP contribution in [0.4, 0.5) is 0 Å². The maximum Gasteiger partial charge on any atom is 0.257 e. The van der Waals surface area contributed by atoms with E-state index < -0.39 is 0 Å². The minimum atomic E-state index is 0.190. The standard InChI is InChI=1S/C14H20N4OS/c1-3-17-6-8-18(9-7-17)11(2)13-15-16-14(19-13)12-5-4-10-20-12/h4-5,10-11H,3,6-9H2,1-2H3. The van der Waals surface area contributed by atoms with Crippen molar-refractivity contribution >= 4 is 11.3 Å². The summed E-state index contributed by atoms with van der Waals surface area (Å²) in [6, 6.07) is 4.19. The SMILES string of the molecule is CCN1CCN(C(C)c2nnc(-c3cccs3)o2)CC1. The van der Waals surface area contributed by atoms with E-state index >= 15 is 0 Å². The Morgan fingerprint density at radius 2 is 2.10 bits per heavy atom. The third-order valence-electron chi connectivity index (χ3n) is 3.93. The maximum absolute atomic E-state index is 5.83. The summed E-state index contributed by atoms with van der Waals surface area (Å²) in [5.74, 6) is 1.35. The van der Waals surface area contributed by atoms with Gasteiger partial charge in [0.25, 0.3) is 5.89 Å². The van der Waals surface area contributed by atoms with Crippen LogP contribution in [-0.2, 0) is 0 Å². The minimum Gasteiger partial charge on any atom is -0.418 e. The number of aromatic nitrogens is 2. The maximum atomic E-state index is 5.83. The number of thiophene rings is 1. The predicted molar refractivity (Wildman–Crippen MR) is 79.7 cm³/mol. The molecule has 0 aliphatic carbocycles. The third kappa shape index (κ3) is 2.77. The van der Waals surface area contributed by atoms with E-state index in [-0.39, 0.29) is 6.04 Å². The Balaban J connectivity index is 1.67. The van der Waals surface area contributed by atoms with Gasteiger partial charge in [0.1, 0.15) is 0 Å². The fourth-order valence-electron chi connectivity index (χ4n) is 2.53. The van der Waals surface area contributed by atoms with Gasteiger partial charge in [0.2, 0.25) is 5.89 Å². The summed E-state index contributed by atoms with van der Waals surface area (Å²) in [7, 11) is 0. The van der Waals surface area contributed by atoms with Gasteiger partial charge in [0.05, 0.1) is 10.9 Å². The van der Waals surface area contributed by atoms with Crippen LogP contribution in [0.2, 0.25) is 0 Å². The zero-order valence-electron chi connectivity index (χ0n) is 12.0. The molecule has 0 radical (unpaired) electrons. The van der Waals surface area contributed by atoms with Crippen molar-refractivity contribution in [2.75, 3.05) is 32.7 Å². The number of nitrogens with zero attached hydrogens (tertiary/aromatic N) is 4. The Hall–Kier alpha value is -1.24. The highest BCUT2D eigenvalue weighted by Crippen LogP contribution is 2.27. The molecule has 0 bridgehead atoms. The molecule has 0 amide bonds. The summed E-state index contributed by atoms with van der Waals surface area (Å²) in [6.07, 6.45) is 0. The zero-order valence-corrected chi connectivity index (χ0v) is 12.8. The van der Waals surface area contributed by atoms with E-state index in [1.165, 1.54) is 0 Å². The first-order valence-electron chi connectivity index (χ1n) is 7.11. The molecule has 1 saturated heterocycles. The van der Waals surface area contributed by atoms with Crippen LogP contribution in [0, 0.1) is 0 Å². The Morgan fingerprint density at radius 3 is 2.75 bits per heavy atom. The molecule has 1 aliphatic heterocycles. The van der Waals surface area contributed by atoms with Gasteiger partial charge in [-0.05, 0) is 24.9 Å². The Bertz CT molecular complexity index is 531. The number of piperazine rings is 1. The average molecular weight is 292 g/mol. The van der Waals surface area contributed by atoms with Crippen molar-refractivity contribution in [1.82, 2.24) is 20.0 Å². The van der Waals surface area contributed by atoms with Crippen molar-refractivity contribution in [3.8, 4) is 10.8 Å². The van der Waals surface area contributed by atoms with Crippen LogP contribution in [-0.4, -0.2) is 52.7 Å². The van der Waals surface area contributed by atoms with E-state index in [2.05, 4.69) is 33.8 Å². The lowest BCUT2D eigenvalue weighted by Gasteiger charge is -2.36. The molecular weight excluding hydrogens is 272 g/mol. The molecule has 1 aliphatic rings. The monoisotopic (exact) mass is 292 g/mol.